The second-order valence-corrected chi connectivity index (χ2v) is 8.61. The lowest BCUT2D eigenvalue weighted by atomic mass is 9.99. The van der Waals surface area contributed by atoms with E-state index < -0.39 is 10.0 Å². The van der Waals surface area contributed by atoms with Crippen LogP contribution in [0.15, 0.2) is 78.7 Å². The topological polar surface area (TPSA) is 57.7 Å². The normalized spacial score (nSPS) is 13.8. The van der Waals surface area contributed by atoms with Crippen LogP contribution in [-0.2, 0) is 23.0 Å². The van der Waals surface area contributed by atoms with E-state index in [1.54, 1.807) is 17.0 Å². The van der Waals surface area contributed by atoms with E-state index in [0.717, 1.165) is 12.0 Å². The Balaban J connectivity index is 1.78. The molecule has 3 rings (SSSR count). The molecule has 0 bridgehead atoms. The lowest BCUT2D eigenvalue weighted by Gasteiger charge is -2.29. The van der Waals surface area contributed by atoms with Gasteiger partial charge in [0.1, 0.15) is 0 Å². The minimum Gasteiger partial charge on any atom is -0.334 e. The summed E-state index contributed by atoms with van der Waals surface area (Å²) in [5.74, 6) is -0.0903. The first-order valence-electron chi connectivity index (χ1n) is 9.15. The van der Waals surface area contributed by atoms with Crippen LogP contribution in [0.1, 0.15) is 21.5 Å². The molecule has 0 spiro atoms. The van der Waals surface area contributed by atoms with Gasteiger partial charge in [0.25, 0.3) is 5.91 Å². The molecular weight excluding hydrogens is 372 g/mol. The minimum absolute atomic E-state index is 0.0903. The van der Waals surface area contributed by atoms with Crippen LogP contribution in [0.4, 0.5) is 0 Å². The summed E-state index contributed by atoms with van der Waals surface area (Å²) in [6.45, 7) is 8.83. The Morgan fingerprint density at radius 2 is 1.61 bits per heavy atom. The molecule has 1 aliphatic rings. The zero-order valence-corrected chi connectivity index (χ0v) is 16.6. The molecule has 6 heteroatoms. The maximum Gasteiger partial charge on any atom is 0.254 e. The molecule has 0 atom stereocenters. The number of fused-ring (bicyclic) bond motifs is 1. The number of benzene rings is 2. The van der Waals surface area contributed by atoms with E-state index in [2.05, 4.69) is 19.2 Å². The molecule has 5 nitrogen and oxygen atoms in total. The van der Waals surface area contributed by atoms with Gasteiger partial charge in [0.2, 0.25) is 10.0 Å². The SMILES string of the molecule is C=CCN(CC=C)S(=O)(=O)c1ccc(C(=O)N2CCc3ccccc3C2)cc1. The maximum atomic E-state index is 12.8. The summed E-state index contributed by atoms with van der Waals surface area (Å²) in [5, 5.41) is 0. The van der Waals surface area contributed by atoms with E-state index in [-0.39, 0.29) is 23.9 Å². The van der Waals surface area contributed by atoms with Gasteiger partial charge in [-0.2, -0.15) is 4.31 Å². The molecule has 0 unspecified atom stereocenters. The molecule has 0 radical (unpaired) electrons. The first-order chi connectivity index (χ1) is 13.5. The monoisotopic (exact) mass is 396 g/mol. The Kier molecular flexibility index (Phi) is 6.11. The van der Waals surface area contributed by atoms with Crippen LogP contribution >= 0.6 is 0 Å². The van der Waals surface area contributed by atoms with Gasteiger partial charge >= 0.3 is 0 Å². The predicted molar refractivity (Wildman–Crippen MR) is 110 cm³/mol. The number of rotatable bonds is 7. The summed E-state index contributed by atoms with van der Waals surface area (Å²) < 4.78 is 26.8. The summed E-state index contributed by atoms with van der Waals surface area (Å²) in [4.78, 5) is 14.8. The zero-order chi connectivity index (χ0) is 20.1. The summed E-state index contributed by atoms with van der Waals surface area (Å²) in [6, 6.07) is 14.3. The highest BCUT2D eigenvalue weighted by Crippen LogP contribution is 2.22. The van der Waals surface area contributed by atoms with Crippen LogP contribution in [0, 0.1) is 0 Å². The summed E-state index contributed by atoms with van der Waals surface area (Å²) >= 11 is 0. The van der Waals surface area contributed by atoms with Gasteiger partial charge in [-0.15, -0.1) is 13.2 Å². The second kappa shape index (κ2) is 8.54. The van der Waals surface area contributed by atoms with Crippen molar-refractivity contribution >= 4 is 15.9 Å². The number of amides is 1. The van der Waals surface area contributed by atoms with Gasteiger partial charge in [0.05, 0.1) is 4.90 Å². The number of sulfonamides is 1. The van der Waals surface area contributed by atoms with Crippen LogP contribution in [0.25, 0.3) is 0 Å². The van der Waals surface area contributed by atoms with Gasteiger partial charge in [-0.1, -0.05) is 36.4 Å². The highest BCUT2D eigenvalue weighted by Gasteiger charge is 2.24. The first-order valence-corrected chi connectivity index (χ1v) is 10.6. The van der Waals surface area contributed by atoms with Gasteiger partial charge in [0.15, 0.2) is 0 Å². The fourth-order valence-electron chi connectivity index (χ4n) is 3.33. The Hall–Kier alpha value is -2.70. The molecule has 0 saturated heterocycles. The Morgan fingerprint density at radius 3 is 2.21 bits per heavy atom. The molecule has 0 fully saturated rings. The molecule has 1 amide bonds. The van der Waals surface area contributed by atoms with Crippen molar-refractivity contribution in [3.05, 3.63) is 90.5 Å². The average molecular weight is 397 g/mol. The van der Waals surface area contributed by atoms with Crippen molar-refractivity contribution in [1.82, 2.24) is 9.21 Å². The average Bonchev–Trinajstić information content (AvgIpc) is 2.72. The number of hydrogen-bond acceptors (Lipinski definition) is 3. The predicted octanol–water partition coefficient (Wildman–Crippen LogP) is 3.25. The van der Waals surface area contributed by atoms with Crippen molar-refractivity contribution in [2.45, 2.75) is 17.9 Å². The van der Waals surface area contributed by atoms with Crippen molar-refractivity contribution in [3.63, 3.8) is 0 Å². The van der Waals surface area contributed by atoms with E-state index in [1.165, 1.54) is 34.2 Å². The van der Waals surface area contributed by atoms with Gasteiger partial charge in [-0.25, -0.2) is 8.42 Å². The zero-order valence-electron chi connectivity index (χ0n) is 15.8. The lowest BCUT2D eigenvalue weighted by Crippen LogP contribution is -2.36. The van der Waals surface area contributed by atoms with Crippen LogP contribution in [0.2, 0.25) is 0 Å². The van der Waals surface area contributed by atoms with Crippen molar-refractivity contribution in [2.75, 3.05) is 19.6 Å². The van der Waals surface area contributed by atoms with Crippen LogP contribution in [-0.4, -0.2) is 43.2 Å². The van der Waals surface area contributed by atoms with Crippen molar-refractivity contribution < 1.29 is 13.2 Å². The number of carbonyl (C=O) groups excluding carboxylic acids is 1. The third-order valence-electron chi connectivity index (χ3n) is 4.82. The molecule has 0 N–H and O–H groups in total. The molecule has 28 heavy (non-hydrogen) atoms. The molecule has 0 aromatic heterocycles. The van der Waals surface area contributed by atoms with Crippen LogP contribution < -0.4 is 0 Å². The maximum absolute atomic E-state index is 12.8. The largest absolute Gasteiger partial charge is 0.334 e. The fourth-order valence-corrected chi connectivity index (χ4v) is 4.71. The minimum atomic E-state index is -3.67. The van der Waals surface area contributed by atoms with Gasteiger partial charge in [-0.05, 0) is 41.8 Å². The summed E-state index contributed by atoms with van der Waals surface area (Å²) in [6.07, 6.45) is 3.90. The highest BCUT2D eigenvalue weighted by molar-refractivity contribution is 7.89. The van der Waals surface area contributed by atoms with Gasteiger partial charge in [0, 0.05) is 31.7 Å². The Bertz CT molecular complexity index is 971. The molecule has 1 heterocycles. The third-order valence-corrected chi connectivity index (χ3v) is 6.67. The second-order valence-electron chi connectivity index (χ2n) is 6.67. The molecule has 0 aliphatic carbocycles. The summed E-state index contributed by atoms with van der Waals surface area (Å²) in [5.41, 5.74) is 2.92. The quantitative estimate of drug-likeness (QED) is 0.675. The third kappa shape index (κ3) is 4.08. The van der Waals surface area contributed by atoms with Gasteiger partial charge < -0.3 is 4.90 Å². The molecule has 146 valence electrons. The molecular formula is C22H24N2O3S. The van der Waals surface area contributed by atoms with E-state index in [4.69, 9.17) is 0 Å². The number of carbonyl (C=O) groups is 1. The van der Waals surface area contributed by atoms with Crippen LogP contribution in [0.3, 0.4) is 0 Å². The number of hydrogen-bond donors (Lipinski definition) is 0. The molecule has 2 aromatic carbocycles. The van der Waals surface area contributed by atoms with Crippen molar-refractivity contribution in [2.24, 2.45) is 0 Å². The Morgan fingerprint density at radius 1 is 1.00 bits per heavy atom. The molecule has 1 aliphatic heterocycles. The van der Waals surface area contributed by atoms with E-state index in [0.29, 0.717) is 18.7 Å². The fraction of sp³-hybridized carbons (Fsp3) is 0.227. The molecule has 2 aromatic rings. The van der Waals surface area contributed by atoms with Crippen LogP contribution in [0.5, 0.6) is 0 Å². The van der Waals surface area contributed by atoms with Crippen molar-refractivity contribution in [3.8, 4) is 0 Å². The first kappa shape index (κ1) is 20.0. The standard InChI is InChI=1S/C22H24N2O3S/c1-3-14-24(15-4-2)28(26,27)21-11-9-19(10-12-21)22(25)23-16-13-18-7-5-6-8-20(18)17-23/h3-12H,1-2,13-17H2. The summed E-state index contributed by atoms with van der Waals surface area (Å²) in [7, 11) is -3.67. The Labute approximate surface area is 166 Å². The van der Waals surface area contributed by atoms with E-state index in [1.807, 2.05) is 18.2 Å². The van der Waals surface area contributed by atoms with E-state index >= 15 is 0 Å². The van der Waals surface area contributed by atoms with Crippen molar-refractivity contribution in [1.29, 1.82) is 0 Å². The smallest absolute Gasteiger partial charge is 0.254 e. The van der Waals surface area contributed by atoms with E-state index in [9.17, 15) is 13.2 Å². The van der Waals surface area contributed by atoms with Gasteiger partial charge in [-0.3, -0.25) is 4.79 Å². The molecule has 0 saturated carbocycles. The lowest BCUT2D eigenvalue weighted by molar-refractivity contribution is 0.0734. The number of nitrogens with zero attached hydrogens (tertiary/aromatic N) is 2. The highest BCUT2D eigenvalue weighted by atomic mass is 32.2.